The Labute approximate surface area is 227 Å². The maximum Gasteiger partial charge on any atom is 0.137 e. The van der Waals surface area contributed by atoms with E-state index in [9.17, 15) is 0 Å². The van der Waals surface area contributed by atoms with Crippen molar-refractivity contribution in [3.8, 4) is 11.1 Å². The number of hydrogen-bond acceptors (Lipinski definition) is 3. The van der Waals surface area contributed by atoms with Crippen LogP contribution in [0.25, 0.3) is 43.6 Å². The Morgan fingerprint density at radius 2 is 1.28 bits per heavy atom. The quantitative estimate of drug-likeness (QED) is 0.226. The fourth-order valence-corrected chi connectivity index (χ4v) is 6.24. The minimum atomic E-state index is 0.892. The Hall–Kier alpha value is -5.02. The van der Waals surface area contributed by atoms with Crippen molar-refractivity contribution in [3.05, 3.63) is 139 Å². The number of para-hydroxylation sites is 2. The zero-order valence-corrected chi connectivity index (χ0v) is 21.4. The first-order chi connectivity index (χ1) is 19.3. The Morgan fingerprint density at radius 3 is 2.03 bits per heavy atom. The van der Waals surface area contributed by atoms with Gasteiger partial charge >= 0.3 is 0 Å². The van der Waals surface area contributed by atoms with Gasteiger partial charge in [0.2, 0.25) is 0 Å². The van der Waals surface area contributed by atoms with E-state index in [4.69, 9.17) is 9.97 Å². The molecule has 0 radical (unpaired) electrons. The third kappa shape index (κ3) is 3.51. The highest BCUT2D eigenvalue weighted by Gasteiger charge is 2.20. The van der Waals surface area contributed by atoms with Crippen molar-refractivity contribution in [3.63, 3.8) is 0 Å². The average molecular weight is 500 g/mol. The lowest BCUT2D eigenvalue weighted by Crippen LogP contribution is -2.11. The standard InChI is InChI=1S/C36H25N3/c1-3-9-28(10-4-1)39(29-11-5-2-6-12-29)33-20-16-27(23-38-33)30-17-15-24-13-14-25-22-26-8-7-21-37-36(26)32-19-18-31(30)34(24)35(25)32/h1-12,15-23H,13-14H2. The van der Waals surface area contributed by atoms with Crippen LogP contribution in [0.5, 0.6) is 0 Å². The predicted octanol–water partition coefficient (Wildman–Crippen LogP) is 9.17. The molecule has 1 aliphatic rings. The van der Waals surface area contributed by atoms with Crippen molar-refractivity contribution in [2.24, 2.45) is 0 Å². The Bertz CT molecular complexity index is 1960. The second-order valence-electron chi connectivity index (χ2n) is 10.2. The van der Waals surface area contributed by atoms with Crippen LogP contribution in [0, 0.1) is 0 Å². The van der Waals surface area contributed by atoms with Crippen molar-refractivity contribution in [1.29, 1.82) is 0 Å². The topological polar surface area (TPSA) is 29.0 Å². The zero-order chi connectivity index (χ0) is 25.8. The monoisotopic (exact) mass is 499 g/mol. The second-order valence-corrected chi connectivity index (χ2v) is 10.2. The van der Waals surface area contributed by atoms with Gasteiger partial charge in [0.1, 0.15) is 5.82 Å². The summed E-state index contributed by atoms with van der Waals surface area (Å²) >= 11 is 0. The molecule has 0 saturated carbocycles. The maximum absolute atomic E-state index is 4.99. The van der Waals surface area contributed by atoms with Gasteiger partial charge in [0, 0.05) is 40.1 Å². The van der Waals surface area contributed by atoms with E-state index in [2.05, 4.69) is 102 Å². The minimum Gasteiger partial charge on any atom is -0.295 e. The summed E-state index contributed by atoms with van der Waals surface area (Å²) in [6.45, 7) is 0. The van der Waals surface area contributed by atoms with E-state index in [-0.39, 0.29) is 0 Å². The molecule has 3 nitrogen and oxygen atoms in total. The molecular formula is C36H25N3. The van der Waals surface area contributed by atoms with Gasteiger partial charge in [-0.2, -0.15) is 0 Å². The first-order valence-corrected chi connectivity index (χ1v) is 13.5. The molecule has 0 bridgehead atoms. The van der Waals surface area contributed by atoms with Crippen LogP contribution in [-0.4, -0.2) is 9.97 Å². The molecule has 5 aromatic carbocycles. The number of rotatable bonds is 4. The molecule has 0 fully saturated rings. The Balaban J connectivity index is 1.29. The van der Waals surface area contributed by atoms with Crippen molar-refractivity contribution in [1.82, 2.24) is 9.97 Å². The summed E-state index contributed by atoms with van der Waals surface area (Å²) in [6, 6.07) is 40.8. The molecule has 0 unspecified atom stereocenters. The van der Waals surface area contributed by atoms with Crippen LogP contribution in [0.4, 0.5) is 17.2 Å². The lowest BCUT2D eigenvalue weighted by atomic mass is 9.83. The van der Waals surface area contributed by atoms with Gasteiger partial charge in [-0.15, -0.1) is 0 Å². The minimum absolute atomic E-state index is 0.892. The van der Waals surface area contributed by atoms with Gasteiger partial charge in [-0.1, -0.05) is 66.7 Å². The van der Waals surface area contributed by atoms with Gasteiger partial charge in [-0.25, -0.2) is 4.98 Å². The first kappa shape index (κ1) is 22.0. The van der Waals surface area contributed by atoms with Gasteiger partial charge in [-0.05, 0) is 94.2 Å². The van der Waals surface area contributed by atoms with E-state index in [0.29, 0.717) is 0 Å². The van der Waals surface area contributed by atoms with Crippen LogP contribution in [0.15, 0.2) is 128 Å². The van der Waals surface area contributed by atoms with E-state index in [1.54, 1.807) is 0 Å². The van der Waals surface area contributed by atoms with E-state index in [1.807, 2.05) is 30.6 Å². The fraction of sp³-hybridized carbons (Fsp3) is 0.0556. The molecule has 7 aromatic rings. The van der Waals surface area contributed by atoms with Crippen LogP contribution in [0.1, 0.15) is 11.1 Å². The molecule has 8 rings (SSSR count). The molecule has 0 N–H and O–H groups in total. The Morgan fingerprint density at radius 1 is 0.564 bits per heavy atom. The van der Waals surface area contributed by atoms with Crippen LogP contribution >= 0.6 is 0 Å². The Kier molecular flexibility index (Phi) is 4.95. The van der Waals surface area contributed by atoms with E-state index in [0.717, 1.165) is 41.1 Å². The highest BCUT2D eigenvalue weighted by atomic mass is 15.2. The van der Waals surface area contributed by atoms with Gasteiger partial charge in [0.15, 0.2) is 0 Å². The molecule has 3 heteroatoms. The number of aryl methyl sites for hydroxylation is 2. The summed E-state index contributed by atoms with van der Waals surface area (Å²) in [7, 11) is 0. The molecule has 39 heavy (non-hydrogen) atoms. The number of benzene rings is 5. The predicted molar refractivity (Wildman–Crippen MR) is 162 cm³/mol. The molecule has 0 amide bonds. The SMILES string of the molecule is c1ccc(N(c2ccccc2)c2ccc(-c3ccc4c5c3ccc3c6ncccc6cc(c35)CC4)cn2)cc1. The van der Waals surface area contributed by atoms with Crippen LogP contribution < -0.4 is 4.90 Å². The number of aromatic nitrogens is 2. The number of nitrogens with zero attached hydrogens (tertiary/aromatic N) is 3. The highest BCUT2D eigenvalue weighted by Crippen LogP contribution is 2.42. The molecule has 0 spiro atoms. The van der Waals surface area contributed by atoms with E-state index < -0.39 is 0 Å². The molecule has 2 aromatic heterocycles. The highest BCUT2D eigenvalue weighted by molar-refractivity contribution is 6.21. The van der Waals surface area contributed by atoms with Gasteiger partial charge in [0.05, 0.1) is 5.52 Å². The number of hydrogen-bond donors (Lipinski definition) is 0. The molecule has 1 aliphatic carbocycles. The summed E-state index contributed by atoms with van der Waals surface area (Å²) in [5, 5.41) is 6.50. The third-order valence-electron chi connectivity index (χ3n) is 7.99. The smallest absolute Gasteiger partial charge is 0.137 e. The molecular weight excluding hydrogens is 474 g/mol. The summed E-state index contributed by atoms with van der Waals surface area (Å²) in [6.07, 6.45) is 6.05. The number of fused-ring (bicyclic) bond motifs is 2. The summed E-state index contributed by atoms with van der Waals surface area (Å²) in [5.41, 5.74) is 8.44. The molecule has 184 valence electrons. The van der Waals surface area contributed by atoms with Crippen LogP contribution in [0.2, 0.25) is 0 Å². The average Bonchev–Trinajstić information content (AvgIpc) is 3.01. The normalized spacial score (nSPS) is 12.4. The van der Waals surface area contributed by atoms with Crippen molar-refractivity contribution in [2.45, 2.75) is 12.8 Å². The summed E-state index contributed by atoms with van der Waals surface area (Å²) < 4.78 is 0. The number of pyridine rings is 2. The number of anilines is 3. The van der Waals surface area contributed by atoms with Crippen molar-refractivity contribution < 1.29 is 0 Å². The lowest BCUT2D eigenvalue weighted by Gasteiger charge is -2.24. The van der Waals surface area contributed by atoms with E-state index in [1.165, 1.54) is 43.6 Å². The molecule has 0 saturated heterocycles. The van der Waals surface area contributed by atoms with E-state index >= 15 is 0 Å². The van der Waals surface area contributed by atoms with Gasteiger partial charge in [-0.3, -0.25) is 9.88 Å². The fourth-order valence-electron chi connectivity index (χ4n) is 6.24. The molecule has 0 aliphatic heterocycles. The third-order valence-corrected chi connectivity index (χ3v) is 7.99. The van der Waals surface area contributed by atoms with Gasteiger partial charge < -0.3 is 0 Å². The van der Waals surface area contributed by atoms with Crippen LogP contribution in [0.3, 0.4) is 0 Å². The van der Waals surface area contributed by atoms with Crippen molar-refractivity contribution >= 4 is 49.6 Å². The summed E-state index contributed by atoms with van der Waals surface area (Å²) in [5.74, 6) is 0.892. The molecule has 0 atom stereocenters. The zero-order valence-electron chi connectivity index (χ0n) is 21.4. The van der Waals surface area contributed by atoms with Crippen molar-refractivity contribution in [2.75, 3.05) is 4.90 Å². The lowest BCUT2D eigenvalue weighted by molar-refractivity contribution is 0.970. The molecule has 2 heterocycles. The van der Waals surface area contributed by atoms with Crippen LogP contribution in [-0.2, 0) is 12.8 Å². The maximum atomic E-state index is 4.99. The first-order valence-electron chi connectivity index (χ1n) is 13.5. The summed E-state index contributed by atoms with van der Waals surface area (Å²) in [4.78, 5) is 11.9. The van der Waals surface area contributed by atoms with Gasteiger partial charge in [0.25, 0.3) is 0 Å². The second kappa shape index (κ2) is 8.78. The largest absolute Gasteiger partial charge is 0.295 e.